The Morgan fingerprint density at radius 3 is 2.44 bits per heavy atom. The summed E-state index contributed by atoms with van der Waals surface area (Å²) in [5.41, 5.74) is 3.31. The first kappa shape index (κ1) is 16.8. The Kier molecular flexibility index (Phi) is 4.84. The quantitative estimate of drug-likeness (QED) is 0.775. The number of carbonyl (C=O) groups excluding carboxylic acids is 1. The number of hydrogen-bond acceptors (Lipinski definition) is 3. The zero-order valence-electron chi connectivity index (χ0n) is 14.6. The predicted octanol–water partition coefficient (Wildman–Crippen LogP) is 3.59. The van der Waals surface area contributed by atoms with Crippen LogP contribution in [0.4, 0.5) is 0 Å². The maximum atomic E-state index is 12.5. The Balaban J connectivity index is 1.78. The molecule has 1 aromatic heterocycles. The van der Waals surface area contributed by atoms with E-state index in [-0.39, 0.29) is 11.9 Å². The van der Waals surface area contributed by atoms with Crippen molar-refractivity contribution in [1.82, 2.24) is 15.1 Å². The number of methoxy groups -OCH3 is 1. The van der Waals surface area contributed by atoms with Crippen LogP contribution in [-0.2, 0) is 7.05 Å². The van der Waals surface area contributed by atoms with E-state index in [1.807, 2.05) is 68.6 Å². The monoisotopic (exact) mass is 335 g/mol. The molecular weight excluding hydrogens is 314 g/mol. The van der Waals surface area contributed by atoms with Crippen molar-refractivity contribution < 1.29 is 9.53 Å². The van der Waals surface area contributed by atoms with E-state index in [4.69, 9.17) is 4.74 Å². The highest BCUT2D eigenvalue weighted by Gasteiger charge is 2.16. The Hall–Kier alpha value is -3.08. The molecule has 0 aliphatic rings. The molecule has 1 heterocycles. The van der Waals surface area contributed by atoms with Gasteiger partial charge in [-0.05, 0) is 42.8 Å². The number of amides is 1. The highest BCUT2D eigenvalue weighted by atomic mass is 16.5. The summed E-state index contributed by atoms with van der Waals surface area (Å²) < 4.78 is 6.89. The topological polar surface area (TPSA) is 56.1 Å². The Bertz CT molecular complexity index is 854. The number of aryl methyl sites for hydroxylation is 1. The molecule has 0 fully saturated rings. The number of hydrogen-bond donors (Lipinski definition) is 1. The number of aromatic nitrogens is 2. The van der Waals surface area contributed by atoms with Crippen molar-refractivity contribution in [2.75, 3.05) is 7.11 Å². The first-order valence-corrected chi connectivity index (χ1v) is 8.13. The molecule has 1 atom stereocenters. The van der Waals surface area contributed by atoms with Crippen LogP contribution in [0.1, 0.15) is 29.0 Å². The van der Waals surface area contributed by atoms with Crippen LogP contribution in [0.25, 0.3) is 11.3 Å². The van der Waals surface area contributed by atoms with Crippen molar-refractivity contribution in [1.29, 1.82) is 0 Å². The molecule has 0 bridgehead atoms. The molecule has 0 aliphatic heterocycles. The molecule has 0 unspecified atom stereocenters. The minimum atomic E-state index is -0.188. The van der Waals surface area contributed by atoms with Gasteiger partial charge in [-0.3, -0.25) is 9.48 Å². The highest BCUT2D eigenvalue weighted by Crippen LogP contribution is 2.23. The van der Waals surface area contributed by atoms with E-state index in [2.05, 4.69) is 10.4 Å². The maximum absolute atomic E-state index is 12.5. The third-order valence-electron chi connectivity index (χ3n) is 4.15. The van der Waals surface area contributed by atoms with Crippen molar-refractivity contribution in [3.63, 3.8) is 0 Å². The fourth-order valence-electron chi connectivity index (χ4n) is 2.71. The first-order chi connectivity index (χ1) is 12.1. The third-order valence-corrected chi connectivity index (χ3v) is 4.15. The van der Waals surface area contributed by atoms with Crippen LogP contribution < -0.4 is 10.1 Å². The van der Waals surface area contributed by atoms with Gasteiger partial charge in [-0.15, -0.1) is 0 Å². The second-order valence-electron chi connectivity index (χ2n) is 5.87. The molecule has 0 saturated carbocycles. The Morgan fingerprint density at radius 2 is 1.80 bits per heavy atom. The summed E-state index contributed by atoms with van der Waals surface area (Å²) in [5, 5.41) is 7.34. The van der Waals surface area contributed by atoms with E-state index >= 15 is 0 Å². The summed E-state index contributed by atoms with van der Waals surface area (Å²) in [5.74, 6) is 0.604. The maximum Gasteiger partial charge on any atom is 0.272 e. The minimum Gasteiger partial charge on any atom is -0.497 e. The van der Waals surface area contributed by atoms with Gasteiger partial charge in [-0.2, -0.15) is 5.10 Å². The van der Waals surface area contributed by atoms with Crippen molar-refractivity contribution in [2.24, 2.45) is 7.05 Å². The molecule has 0 aliphatic carbocycles. The van der Waals surface area contributed by atoms with E-state index in [0.29, 0.717) is 5.69 Å². The molecular formula is C20H21N3O2. The third kappa shape index (κ3) is 3.71. The van der Waals surface area contributed by atoms with Crippen LogP contribution in [0, 0.1) is 0 Å². The molecule has 0 radical (unpaired) electrons. The second kappa shape index (κ2) is 7.21. The fraction of sp³-hybridized carbons (Fsp3) is 0.200. The predicted molar refractivity (Wildman–Crippen MR) is 97.5 cm³/mol. The number of rotatable bonds is 5. The Labute approximate surface area is 147 Å². The number of nitrogens with one attached hydrogen (secondary N) is 1. The molecule has 5 nitrogen and oxygen atoms in total. The lowest BCUT2D eigenvalue weighted by Gasteiger charge is -2.13. The summed E-state index contributed by atoms with van der Waals surface area (Å²) in [6.45, 7) is 1.96. The molecule has 128 valence electrons. The van der Waals surface area contributed by atoms with Crippen LogP contribution in [0.3, 0.4) is 0 Å². The summed E-state index contributed by atoms with van der Waals surface area (Å²) in [7, 11) is 3.46. The van der Waals surface area contributed by atoms with Crippen LogP contribution in [-0.4, -0.2) is 22.8 Å². The zero-order valence-corrected chi connectivity index (χ0v) is 14.6. The van der Waals surface area contributed by atoms with E-state index in [1.54, 1.807) is 17.9 Å². The number of nitrogens with zero attached hydrogens (tertiary/aromatic N) is 2. The largest absolute Gasteiger partial charge is 0.497 e. The number of benzene rings is 2. The van der Waals surface area contributed by atoms with Gasteiger partial charge in [-0.1, -0.05) is 30.3 Å². The van der Waals surface area contributed by atoms with E-state index in [9.17, 15) is 4.79 Å². The average Bonchev–Trinajstić information content (AvgIpc) is 3.04. The van der Waals surface area contributed by atoms with E-state index < -0.39 is 0 Å². The standard InChI is InChI=1S/C20H21N3O2/c1-14(15-7-5-4-6-8-15)21-20(24)18-13-19(23(2)22-18)16-9-11-17(25-3)12-10-16/h4-14H,1-3H3,(H,21,24)/t14-/m0/s1. The van der Waals surface area contributed by atoms with Crippen LogP contribution in [0.15, 0.2) is 60.7 Å². The number of ether oxygens (including phenoxy) is 1. The van der Waals surface area contributed by atoms with Gasteiger partial charge in [0.1, 0.15) is 5.75 Å². The van der Waals surface area contributed by atoms with Gasteiger partial charge >= 0.3 is 0 Å². The normalized spacial score (nSPS) is 11.8. The van der Waals surface area contributed by atoms with Crippen molar-refractivity contribution in [3.05, 3.63) is 71.9 Å². The van der Waals surface area contributed by atoms with Crippen LogP contribution >= 0.6 is 0 Å². The van der Waals surface area contributed by atoms with Gasteiger partial charge in [0.2, 0.25) is 0 Å². The SMILES string of the molecule is COc1ccc(-c2cc(C(=O)N[C@@H](C)c3ccccc3)nn2C)cc1. The summed E-state index contributed by atoms with van der Waals surface area (Å²) in [6, 6.07) is 19.2. The summed E-state index contributed by atoms with van der Waals surface area (Å²) in [4.78, 5) is 12.5. The zero-order chi connectivity index (χ0) is 17.8. The van der Waals surface area contributed by atoms with Gasteiger partial charge in [-0.25, -0.2) is 0 Å². The summed E-state index contributed by atoms with van der Waals surface area (Å²) in [6.07, 6.45) is 0. The molecule has 0 saturated heterocycles. The van der Waals surface area contributed by atoms with Gasteiger partial charge in [0.25, 0.3) is 5.91 Å². The van der Waals surface area contributed by atoms with Crippen LogP contribution in [0.2, 0.25) is 0 Å². The van der Waals surface area contributed by atoms with E-state index in [1.165, 1.54) is 0 Å². The lowest BCUT2D eigenvalue weighted by molar-refractivity contribution is 0.0934. The van der Waals surface area contributed by atoms with Crippen molar-refractivity contribution in [2.45, 2.75) is 13.0 Å². The molecule has 0 spiro atoms. The van der Waals surface area contributed by atoms with Gasteiger partial charge in [0, 0.05) is 12.6 Å². The average molecular weight is 335 g/mol. The molecule has 5 heteroatoms. The van der Waals surface area contributed by atoms with Crippen LogP contribution in [0.5, 0.6) is 5.75 Å². The summed E-state index contributed by atoms with van der Waals surface area (Å²) >= 11 is 0. The highest BCUT2D eigenvalue weighted by molar-refractivity contribution is 5.93. The number of carbonyl (C=O) groups is 1. The van der Waals surface area contributed by atoms with Gasteiger partial charge < -0.3 is 10.1 Å². The van der Waals surface area contributed by atoms with E-state index in [0.717, 1.165) is 22.6 Å². The minimum absolute atomic E-state index is 0.0832. The molecule has 25 heavy (non-hydrogen) atoms. The van der Waals surface area contributed by atoms with Crippen molar-refractivity contribution >= 4 is 5.91 Å². The molecule has 2 aromatic carbocycles. The molecule has 3 rings (SSSR count). The Morgan fingerprint density at radius 1 is 1.12 bits per heavy atom. The molecule has 1 amide bonds. The fourth-order valence-corrected chi connectivity index (χ4v) is 2.71. The second-order valence-corrected chi connectivity index (χ2v) is 5.87. The van der Waals surface area contributed by atoms with Crippen molar-refractivity contribution in [3.8, 4) is 17.0 Å². The van der Waals surface area contributed by atoms with Gasteiger partial charge in [0.15, 0.2) is 5.69 Å². The molecule has 3 aromatic rings. The first-order valence-electron chi connectivity index (χ1n) is 8.13. The smallest absolute Gasteiger partial charge is 0.272 e. The van der Waals surface area contributed by atoms with Gasteiger partial charge in [0.05, 0.1) is 18.8 Å². The lowest BCUT2D eigenvalue weighted by atomic mass is 10.1. The lowest BCUT2D eigenvalue weighted by Crippen LogP contribution is -2.27. The molecule has 1 N–H and O–H groups in total.